The first-order valence-corrected chi connectivity index (χ1v) is 9.48. The van der Waals surface area contributed by atoms with Crippen LogP contribution in [0.3, 0.4) is 0 Å². The van der Waals surface area contributed by atoms with E-state index in [9.17, 15) is 4.79 Å². The van der Waals surface area contributed by atoms with Gasteiger partial charge in [-0.05, 0) is 43.3 Å². The second-order valence-corrected chi connectivity index (χ2v) is 6.93. The molecule has 7 nitrogen and oxygen atoms in total. The summed E-state index contributed by atoms with van der Waals surface area (Å²) in [5.41, 5.74) is 3.00. The molecule has 1 atom stereocenters. The van der Waals surface area contributed by atoms with E-state index in [2.05, 4.69) is 20.3 Å². The first kappa shape index (κ1) is 18.0. The maximum absolute atomic E-state index is 12.8. The summed E-state index contributed by atoms with van der Waals surface area (Å²) in [4.78, 5) is 17.3. The van der Waals surface area contributed by atoms with E-state index in [1.165, 1.54) is 16.3 Å². The lowest BCUT2D eigenvalue weighted by atomic mass is 10.2. The number of hydrazone groups is 1. The molecule has 0 bridgehead atoms. The lowest BCUT2D eigenvalue weighted by molar-refractivity contribution is -0.117. The zero-order valence-corrected chi connectivity index (χ0v) is 16.1. The van der Waals surface area contributed by atoms with Crippen molar-refractivity contribution in [3.8, 4) is 17.0 Å². The molecule has 28 heavy (non-hydrogen) atoms. The summed E-state index contributed by atoms with van der Waals surface area (Å²) in [6, 6.07) is 16.2. The van der Waals surface area contributed by atoms with E-state index in [1.807, 2.05) is 60.0 Å². The number of carbonyl (C=O) groups excluding carboxylic acids is 1. The van der Waals surface area contributed by atoms with Gasteiger partial charge in [0.1, 0.15) is 5.75 Å². The largest absolute Gasteiger partial charge is 0.497 e. The van der Waals surface area contributed by atoms with Crippen molar-refractivity contribution in [2.45, 2.75) is 13.0 Å². The van der Waals surface area contributed by atoms with E-state index in [1.54, 1.807) is 14.0 Å². The third-order valence-corrected chi connectivity index (χ3v) is 5.02. The van der Waals surface area contributed by atoms with Crippen LogP contribution in [-0.4, -0.2) is 29.8 Å². The van der Waals surface area contributed by atoms with Gasteiger partial charge >= 0.3 is 0 Å². The minimum atomic E-state index is -0.728. The van der Waals surface area contributed by atoms with Crippen molar-refractivity contribution in [3.05, 3.63) is 60.0 Å². The Bertz CT molecular complexity index is 1040. The van der Waals surface area contributed by atoms with E-state index < -0.39 is 6.04 Å². The Kier molecular flexibility index (Phi) is 4.94. The van der Waals surface area contributed by atoms with Gasteiger partial charge in [-0.2, -0.15) is 20.3 Å². The summed E-state index contributed by atoms with van der Waals surface area (Å²) in [7, 11) is 1.63. The molecule has 0 saturated carbocycles. The number of nitrogens with zero attached hydrogens (tertiary/aromatic N) is 5. The molecule has 1 aromatic heterocycles. The van der Waals surface area contributed by atoms with Crippen molar-refractivity contribution in [2.75, 3.05) is 12.1 Å². The second-order valence-electron chi connectivity index (χ2n) is 6.09. The van der Waals surface area contributed by atoms with Crippen molar-refractivity contribution in [1.29, 1.82) is 0 Å². The molecular weight excluding hydrogens is 374 g/mol. The average molecular weight is 391 g/mol. The molecule has 0 fully saturated rings. The summed E-state index contributed by atoms with van der Waals surface area (Å²) in [6.07, 6.45) is 0. The predicted octanol–water partition coefficient (Wildman–Crippen LogP) is 4.69. The van der Waals surface area contributed by atoms with Crippen molar-refractivity contribution in [1.82, 2.24) is 4.98 Å². The minimum absolute atomic E-state index is 0.257. The molecule has 1 amide bonds. The molecule has 3 aromatic rings. The summed E-state index contributed by atoms with van der Waals surface area (Å²) >= 11 is 1.36. The third-order valence-electron chi connectivity index (χ3n) is 4.20. The highest BCUT2D eigenvalue weighted by molar-refractivity contribution is 7.14. The van der Waals surface area contributed by atoms with Crippen molar-refractivity contribution < 1.29 is 9.53 Å². The molecular formula is C20H17N5O2S. The van der Waals surface area contributed by atoms with Gasteiger partial charge in [0.05, 0.1) is 24.2 Å². The number of benzene rings is 2. The monoisotopic (exact) mass is 391 g/mol. The maximum atomic E-state index is 12.8. The fraction of sp³-hybridized carbons (Fsp3) is 0.150. The SMILES string of the molecule is COc1ccc(-c2csc(N3N=C(C)[C@@H](N=Nc4ccccc4)C3=O)n2)cc1. The second kappa shape index (κ2) is 7.69. The molecule has 0 radical (unpaired) electrons. The van der Waals surface area contributed by atoms with Gasteiger partial charge < -0.3 is 4.74 Å². The first-order valence-electron chi connectivity index (χ1n) is 8.60. The molecule has 0 saturated heterocycles. The van der Waals surface area contributed by atoms with Crippen LogP contribution in [0.4, 0.5) is 10.8 Å². The van der Waals surface area contributed by atoms with Crippen molar-refractivity contribution in [2.24, 2.45) is 15.3 Å². The van der Waals surface area contributed by atoms with Crippen LogP contribution >= 0.6 is 11.3 Å². The lowest BCUT2D eigenvalue weighted by Crippen LogP contribution is -2.29. The number of thiazole rings is 1. The van der Waals surface area contributed by atoms with Gasteiger partial charge in [-0.25, -0.2) is 4.98 Å². The van der Waals surface area contributed by atoms with Crippen LogP contribution in [0.25, 0.3) is 11.3 Å². The topological polar surface area (TPSA) is 79.5 Å². The number of ether oxygens (including phenoxy) is 1. The molecule has 0 aliphatic carbocycles. The number of hydrogen-bond donors (Lipinski definition) is 0. The van der Waals surface area contributed by atoms with Gasteiger partial charge in [-0.1, -0.05) is 18.2 Å². The molecule has 2 aromatic carbocycles. The number of rotatable bonds is 5. The minimum Gasteiger partial charge on any atom is -0.497 e. The Morgan fingerprint density at radius 3 is 2.57 bits per heavy atom. The smallest absolute Gasteiger partial charge is 0.282 e. The quantitative estimate of drug-likeness (QED) is 0.592. The van der Waals surface area contributed by atoms with E-state index in [0.29, 0.717) is 16.5 Å². The molecule has 140 valence electrons. The highest BCUT2D eigenvalue weighted by Crippen LogP contribution is 2.31. The molecule has 4 rings (SSSR count). The fourth-order valence-electron chi connectivity index (χ4n) is 2.70. The van der Waals surface area contributed by atoms with Gasteiger partial charge in [-0.3, -0.25) is 4.79 Å². The maximum Gasteiger partial charge on any atom is 0.282 e. The Balaban J connectivity index is 1.53. The first-order chi connectivity index (χ1) is 13.7. The van der Waals surface area contributed by atoms with Crippen LogP contribution in [0.15, 0.2) is 75.3 Å². The third kappa shape index (κ3) is 3.54. The average Bonchev–Trinajstić information content (AvgIpc) is 3.32. The highest BCUT2D eigenvalue weighted by atomic mass is 32.1. The molecule has 0 N–H and O–H groups in total. The number of amides is 1. The van der Waals surface area contributed by atoms with Crippen molar-refractivity contribution in [3.63, 3.8) is 0 Å². The van der Waals surface area contributed by atoms with Crippen LogP contribution < -0.4 is 9.75 Å². The summed E-state index contributed by atoms with van der Waals surface area (Å²) in [5.74, 6) is 0.522. The van der Waals surface area contributed by atoms with E-state index >= 15 is 0 Å². The Hall–Kier alpha value is -3.39. The number of aromatic nitrogens is 1. The molecule has 1 aliphatic rings. The number of methoxy groups -OCH3 is 1. The Morgan fingerprint density at radius 2 is 1.86 bits per heavy atom. The number of hydrogen-bond acceptors (Lipinski definition) is 7. The zero-order valence-electron chi connectivity index (χ0n) is 15.3. The van der Waals surface area contributed by atoms with E-state index in [4.69, 9.17) is 4.74 Å². The van der Waals surface area contributed by atoms with E-state index in [0.717, 1.165) is 17.0 Å². The predicted molar refractivity (Wildman–Crippen MR) is 109 cm³/mol. The van der Waals surface area contributed by atoms with Gasteiger partial charge in [0.2, 0.25) is 5.13 Å². The summed E-state index contributed by atoms with van der Waals surface area (Å²) in [5, 5.41) is 16.4. The van der Waals surface area contributed by atoms with Gasteiger partial charge in [0.15, 0.2) is 6.04 Å². The van der Waals surface area contributed by atoms with Crippen LogP contribution in [0.5, 0.6) is 5.75 Å². The van der Waals surface area contributed by atoms with Crippen LogP contribution in [0.1, 0.15) is 6.92 Å². The molecule has 8 heteroatoms. The zero-order chi connectivity index (χ0) is 19.5. The Morgan fingerprint density at radius 1 is 1.11 bits per heavy atom. The molecule has 2 heterocycles. The highest BCUT2D eigenvalue weighted by Gasteiger charge is 2.36. The summed E-state index contributed by atoms with van der Waals surface area (Å²) < 4.78 is 5.18. The van der Waals surface area contributed by atoms with Gasteiger partial charge in [0, 0.05) is 10.9 Å². The van der Waals surface area contributed by atoms with Gasteiger partial charge in [-0.15, -0.1) is 11.3 Å². The number of carbonyl (C=O) groups is 1. The Labute approximate surface area is 166 Å². The molecule has 0 unspecified atom stereocenters. The normalized spacial score (nSPS) is 16.6. The summed E-state index contributed by atoms with van der Waals surface area (Å²) in [6.45, 7) is 1.77. The van der Waals surface area contributed by atoms with Crippen LogP contribution in [-0.2, 0) is 4.79 Å². The van der Waals surface area contributed by atoms with Crippen molar-refractivity contribution >= 4 is 33.8 Å². The molecule has 0 spiro atoms. The number of azo groups is 1. The van der Waals surface area contributed by atoms with E-state index in [-0.39, 0.29) is 5.91 Å². The molecule has 1 aliphatic heterocycles. The lowest BCUT2D eigenvalue weighted by Gasteiger charge is -2.08. The standard InChI is InChI=1S/C20H17N5O2S/c1-13-18(23-22-15-6-4-3-5-7-15)19(26)25(24-13)20-21-17(12-28-20)14-8-10-16(27-2)11-9-14/h3-12,18H,1-2H3/t18-/m1/s1. The van der Waals surface area contributed by atoms with Crippen LogP contribution in [0.2, 0.25) is 0 Å². The van der Waals surface area contributed by atoms with Crippen LogP contribution in [0, 0.1) is 0 Å². The fourth-order valence-corrected chi connectivity index (χ4v) is 3.49. The number of anilines is 1. The van der Waals surface area contributed by atoms with Gasteiger partial charge in [0.25, 0.3) is 5.91 Å².